The number of halogens is 1. The van der Waals surface area contributed by atoms with E-state index in [4.69, 9.17) is 11.6 Å². The van der Waals surface area contributed by atoms with Gasteiger partial charge < -0.3 is 0 Å². The van der Waals surface area contributed by atoms with E-state index in [9.17, 15) is 13.2 Å². The van der Waals surface area contributed by atoms with Gasteiger partial charge in [0.25, 0.3) is 15.9 Å². The van der Waals surface area contributed by atoms with Crippen LogP contribution in [0.2, 0.25) is 5.02 Å². The third kappa shape index (κ3) is 4.17. The SMILES string of the molecule is C[C@@H]1CCCN(S(=O)(=O)c2nnc(NC(=O)c3ccc(Cl)cc3)s2)C1. The molecule has 1 aromatic heterocycles. The predicted octanol–water partition coefficient (Wildman–Crippen LogP) is 2.86. The molecule has 0 saturated carbocycles. The third-order valence-electron chi connectivity index (χ3n) is 3.91. The average Bonchev–Trinajstić information content (AvgIpc) is 3.04. The zero-order valence-corrected chi connectivity index (χ0v) is 15.9. The molecule has 1 N–H and O–H groups in total. The number of hydrogen-bond donors (Lipinski definition) is 1. The second kappa shape index (κ2) is 7.36. The summed E-state index contributed by atoms with van der Waals surface area (Å²) in [5.41, 5.74) is 0.397. The van der Waals surface area contributed by atoms with Crippen molar-refractivity contribution in [3.63, 3.8) is 0 Å². The number of benzene rings is 1. The van der Waals surface area contributed by atoms with Crippen LogP contribution in [0, 0.1) is 5.92 Å². The van der Waals surface area contributed by atoms with Gasteiger partial charge in [0.05, 0.1) is 0 Å². The van der Waals surface area contributed by atoms with E-state index in [-0.39, 0.29) is 9.47 Å². The van der Waals surface area contributed by atoms with Crippen LogP contribution in [0.5, 0.6) is 0 Å². The average molecular weight is 401 g/mol. The van der Waals surface area contributed by atoms with Crippen LogP contribution < -0.4 is 5.32 Å². The van der Waals surface area contributed by atoms with Crippen molar-refractivity contribution in [3.05, 3.63) is 34.9 Å². The van der Waals surface area contributed by atoms with Crippen LogP contribution in [0.3, 0.4) is 0 Å². The van der Waals surface area contributed by atoms with Gasteiger partial charge >= 0.3 is 0 Å². The first-order valence-electron chi connectivity index (χ1n) is 7.77. The van der Waals surface area contributed by atoms with E-state index in [0.29, 0.717) is 29.6 Å². The van der Waals surface area contributed by atoms with Gasteiger partial charge in [0, 0.05) is 23.7 Å². The highest BCUT2D eigenvalue weighted by Gasteiger charge is 2.31. The Bertz CT molecular complexity index is 867. The van der Waals surface area contributed by atoms with Crippen molar-refractivity contribution >= 4 is 44.0 Å². The minimum Gasteiger partial charge on any atom is -0.296 e. The summed E-state index contributed by atoms with van der Waals surface area (Å²) in [6.07, 6.45) is 1.85. The van der Waals surface area contributed by atoms with Crippen LogP contribution >= 0.6 is 22.9 Å². The standard InChI is InChI=1S/C15H17ClN4O3S2/c1-10-3-2-8-20(9-10)25(22,23)15-19-18-14(24-15)17-13(21)11-4-6-12(16)7-5-11/h4-7,10H,2-3,8-9H2,1H3,(H,17,18,21)/t10-/m1/s1. The van der Waals surface area contributed by atoms with Crippen molar-refractivity contribution in [2.45, 2.75) is 24.1 Å². The minimum atomic E-state index is -3.67. The number of carbonyl (C=O) groups is 1. The molecule has 0 spiro atoms. The van der Waals surface area contributed by atoms with Crippen LogP contribution in [0.25, 0.3) is 0 Å². The molecule has 1 fully saturated rings. The van der Waals surface area contributed by atoms with Crippen LogP contribution in [-0.2, 0) is 10.0 Å². The van der Waals surface area contributed by atoms with Crippen LogP contribution in [-0.4, -0.2) is 41.9 Å². The Balaban J connectivity index is 1.73. The fourth-order valence-corrected chi connectivity index (χ4v) is 5.37. The molecule has 3 rings (SSSR count). The molecule has 0 unspecified atom stereocenters. The van der Waals surface area contributed by atoms with Crippen molar-refractivity contribution in [2.24, 2.45) is 5.92 Å². The summed E-state index contributed by atoms with van der Waals surface area (Å²) < 4.78 is 26.6. The van der Waals surface area contributed by atoms with Crippen LogP contribution in [0.15, 0.2) is 28.6 Å². The van der Waals surface area contributed by atoms with E-state index in [1.54, 1.807) is 24.3 Å². The molecule has 1 saturated heterocycles. The van der Waals surface area contributed by atoms with Gasteiger partial charge in [-0.15, -0.1) is 10.2 Å². The van der Waals surface area contributed by atoms with Gasteiger partial charge in [-0.25, -0.2) is 8.42 Å². The third-order valence-corrected chi connectivity index (χ3v) is 7.22. The lowest BCUT2D eigenvalue weighted by Gasteiger charge is -2.28. The lowest BCUT2D eigenvalue weighted by Crippen LogP contribution is -2.39. The Kier molecular flexibility index (Phi) is 5.38. The Hall–Kier alpha value is -1.55. The van der Waals surface area contributed by atoms with E-state index < -0.39 is 15.9 Å². The van der Waals surface area contributed by atoms with Crippen molar-refractivity contribution in [1.29, 1.82) is 0 Å². The normalized spacial score (nSPS) is 18.9. The number of piperidine rings is 1. The lowest BCUT2D eigenvalue weighted by molar-refractivity contribution is 0.102. The summed E-state index contributed by atoms with van der Waals surface area (Å²) in [5, 5.41) is 10.8. The highest BCUT2D eigenvalue weighted by molar-refractivity contribution is 7.91. The number of hydrogen-bond acceptors (Lipinski definition) is 6. The Morgan fingerprint density at radius 1 is 1.32 bits per heavy atom. The maximum atomic E-state index is 12.6. The molecular formula is C15H17ClN4O3S2. The molecule has 1 aromatic carbocycles. The number of carbonyl (C=O) groups excluding carboxylic acids is 1. The molecule has 1 amide bonds. The van der Waals surface area contributed by atoms with E-state index in [1.165, 1.54) is 4.31 Å². The van der Waals surface area contributed by atoms with Gasteiger partial charge in [-0.05, 0) is 43.0 Å². The van der Waals surface area contributed by atoms with E-state index in [0.717, 1.165) is 24.2 Å². The van der Waals surface area contributed by atoms with Crippen molar-refractivity contribution < 1.29 is 13.2 Å². The van der Waals surface area contributed by atoms with Gasteiger partial charge in [0.15, 0.2) is 0 Å². The first-order chi connectivity index (χ1) is 11.9. The largest absolute Gasteiger partial charge is 0.296 e. The smallest absolute Gasteiger partial charge is 0.272 e. The maximum Gasteiger partial charge on any atom is 0.272 e. The number of aromatic nitrogens is 2. The van der Waals surface area contributed by atoms with Gasteiger partial charge in [0.1, 0.15) is 0 Å². The number of amides is 1. The van der Waals surface area contributed by atoms with Crippen LogP contribution in [0.1, 0.15) is 30.1 Å². The monoisotopic (exact) mass is 400 g/mol. The van der Waals surface area contributed by atoms with Crippen molar-refractivity contribution in [3.8, 4) is 0 Å². The molecule has 0 radical (unpaired) electrons. The number of nitrogens with zero attached hydrogens (tertiary/aromatic N) is 3. The Morgan fingerprint density at radius 3 is 2.72 bits per heavy atom. The zero-order chi connectivity index (χ0) is 18.0. The van der Waals surface area contributed by atoms with Gasteiger partial charge in [-0.1, -0.05) is 29.9 Å². The minimum absolute atomic E-state index is 0.104. The highest BCUT2D eigenvalue weighted by atomic mass is 35.5. The molecule has 1 atom stereocenters. The molecule has 2 aromatic rings. The predicted molar refractivity (Wildman–Crippen MR) is 96.5 cm³/mol. The summed E-state index contributed by atoms with van der Waals surface area (Å²) in [4.78, 5) is 12.2. The summed E-state index contributed by atoms with van der Waals surface area (Å²) in [5.74, 6) is -0.0797. The number of anilines is 1. The van der Waals surface area contributed by atoms with Crippen molar-refractivity contribution in [1.82, 2.24) is 14.5 Å². The van der Waals surface area contributed by atoms with E-state index in [2.05, 4.69) is 15.5 Å². The molecule has 1 aliphatic heterocycles. The van der Waals surface area contributed by atoms with E-state index in [1.807, 2.05) is 6.92 Å². The Morgan fingerprint density at radius 2 is 2.04 bits per heavy atom. The van der Waals surface area contributed by atoms with Gasteiger partial charge in [-0.3, -0.25) is 10.1 Å². The molecule has 1 aliphatic rings. The molecule has 0 aliphatic carbocycles. The topological polar surface area (TPSA) is 92.3 Å². The summed E-state index contributed by atoms with van der Waals surface area (Å²) in [7, 11) is -3.67. The highest BCUT2D eigenvalue weighted by Crippen LogP contribution is 2.27. The molecule has 134 valence electrons. The first-order valence-corrected chi connectivity index (χ1v) is 10.4. The molecule has 7 nitrogen and oxygen atoms in total. The molecular weight excluding hydrogens is 384 g/mol. The lowest BCUT2D eigenvalue weighted by atomic mass is 10.0. The van der Waals surface area contributed by atoms with Crippen molar-refractivity contribution in [2.75, 3.05) is 18.4 Å². The molecule has 0 bridgehead atoms. The van der Waals surface area contributed by atoms with Gasteiger partial charge in [-0.2, -0.15) is 4.31 Å². The fourth-order valence-electron chi connectivity index (χ4n) is 2.61. The van der Waals surface area contributed by atoms with Gasteiger partial charge in [0.2, 0.25) is 9.47 Å². The quantitative estimate of drug-likeness (QED) is 0.796. The zero-order valence-electron chi connectivity index (χ0n) is 13.5. The maximum absolute atomic E-state index is 12.6. The number of rotatable bonds is 4. The van der Waals surface area contributed by atoms with E-state index >= 15 is 0 Å². The number of nitrogens with one attached hydrogen (secondary N) is 1. The first kappa shape index (κ1) is 18.2. The molecule has 2 heterocycles. The second-order valence-electron chi connectivity index (χ2n) is 5.94. The van der Waals surface area contributed by atoms with Crippen LogP contribution in [0.4, 0.5) is 5.13 Å². The fraction of sp³-hybridized carbons (Fsp3) is 0.400. The summed E-state index contributed by atoms with van der Waals surface area (Å²) in [6.45, 7) is 2.99. The number of sulfonamides is 1. The molecule has 25 heavy (non-hydrogen) atoms. The summed E-state index contributed by atoms with van der Waals surface area (Å²) >= 11 is 6.64. The summed E-state index contributed by atoms with van der Waals surface area (Å²) in [6, 6.07) is 6.35. The molecule has 10 heteroatoms. The second-order valence-corrected chi connectivity index (χ2v) is 9.47. The Labute approximate surface area is 155 Å².